The van der Waals surface area contributed by atoms with E-state index in [4.69, 9.17) is 9.47 Å². The lowest BCUT2D eigenvalue weighted by molar-refractivity contribution is -0.118. The van der Waals surface area contributed by atoms with Crippen molar-refractivity contribution in [2.75, 3.05) is 19.0 Å². The minimum Gasteiger partial charge on any atom is -0.497 e. The van der Waals surface area contributed by atoms with E-state index in [2.05, 4.69) is 15.5 Å². The number of aromatic amines is 1. The van der Waals surface area contributed by atoms with Crippen LogP contribution in [-0.4, -0.2) is 29.8 Å². The van der Waals surface area contributed by atoms with Gasteiger partial charge in [-0.05, 0) is 42.5 Å². The van der Waals surface area contributed by atoms with Crippen molar-refractivity contribution in [3.63, 3.8) is 0 Å². The molecule has 0 unspecified atom stereocenters. The van der Waals surface area contributed by atoms with Crippen LogP contribution in [0.3, 0.4) is 0 Å². The van der Waals surface area contributed by atoms with Gasteiger partial charge in [0.25, 0.3) is 5.91 Å². The van der Waals surface area contributed by atoms with Crippen molar-refractivity contribution < 1.29 is 14.3 Å². The zero-order chi connectivity index (χ0) is 15.4. The largest absolute Gasteiger partial charge is 0.497 e. The number of anilines is 1. The summed E-state index contributed by atoms with van der Waals surface area (Å²) in [5, 5.41) is 10.6. The quantitative estimate of drug-likeness (QED) is 0.759. The molecule has 1 aromatic heterocycles. The number of amides is 1. The number of rotatable bonds is 5. The summed E-state index contributed by atoms with van der Waals surface area (Å²) < 4.78 is 10.5. The van der Waals surface area contributed by atoms with Gasteiger partial charge in [0, 0.05) is 11.1 Å². The molecule has 0 bridgehead atoms. The summed E-state index contributed by atoms with van der Waals surface area (Å²) in [6, 6.07) is 12.6. The fourth-order valence-corrected chi connectivity index (χ4v) is 2.03. The van der Waals surface area contributed by atoms with E-state index in [-0.39, 0.29) is 12.5 Å². The van der Waals surface area contributed by atoms with Gasteiger partial charge in [-0.2, -0.15) is 5.10 Å². The summed E-state index contributed by atoms with van der Waals surface area (Å²) in [4.78, 5) is 11.9. The smallest absolute Gasteiger partial charge is 0.262 e. The van der Waals surface area contributed by atoms with E-state index in [9.17, 15) is 4.79 Å². The Kier molecular flexibility index (Phi) is 3.91. The lowest BCUT2D eigenvalue weighted by Gasteiger charge is -2.08. The number of methoxy groups -OCH3 is 1. The van der Waals surface area contributed by atoms with Crippen LogP contribution in [0.15, 0.2) is 48.7 Å². The van der Waals surface area contributed by atoms with E-state index in [1.165, 1.54) is 0 Å². The van der Waals surface area contributed by atoms with Gasteiger partial charge in [-0.25, -0.2) is 0 Å². The van der Waals surface area contributed by atoms with Gasteiger partial charge in [0.2, 0.25) is 0 Å². The Morgan fingerprint density at radius 3 is 2.73 bits per heavy atom. The molecule has 6 nitrogen and oxygen atoms in total. The van der Waals surface area contributed by atoms with Crippen LogP contribution in [-0.2, 0) is 4.79 Å². The Labute approximate surface area is 127 Å². The first-order valence-corrected chi connectivity index (χ1v) is 6.74. The van der Waals surface area contributed by atoms with Crippen LogP contribution in [0.25, 0.3) is 10.9 Å². The molecule has 3 rings (SSSR count). The van der Waals surface area contributed by atoms with Gasteiger partial charge < -0.3 is 14.8 Å². The Balaban J connectivity index is 1.57. The second kappa shape index (κ2) is 6.17. The van der Waals surface area contributed by atoms with Gasteiger partial charge in [0.05, 0.1) is 18.8 Å². The van der Waals surface area contributed by atoms with Crippen molar-refractivity contribution in [1.82, 2.24) is 10.2 Å². The summed E-state index contributed by atoms with van der Waals surface area (Å²) in [6.07, 6.45) is 1.73. The molecule has 0 spiro atoms. The third-order valence-corrected chi connectivity index (χ3v) is 3.16. The van der Waals surface area contributed by atoms with Crippen molar-refractivity contribution in [2.45, 2.75) is 0 Å². The molecule has 1 heterocycles. The number of nitrogens with one attached hydrogen (secondary N) is 2. The molecule has 112 valence electrons. The van der Waals surface area contributed by atoms with Gasteiger partial charge in [-0.15, -0.1) is 0 Å². The second-order valence-corrected chi connectivity index (χ2v) is 4.68. The van der Waals surface area contributed by atoms with Crippen LogP contribution in [0.4, 0.5) is 5.69 Å². The fourth-order valence-electron chi connectivity index (χ4n) is 2.03. The minimum atomic E-state index is -0.227. The van der Waals surface area contributed by atoms with E-state index in [0.29, 0.717) is 11.4 Å². The van der Waals surface area contributed by atoms with Gasteiger partial charge >= 0.3 is 0 Å². The van der Waals surface area contributed by atoms with Crippen LogP contribution in [0.1, 0.15) is 0 Å². The van der Waals surface area contributed by atoms with E-state index in [0.717, 1.165) is 16.7 Å². The summed E-state index contributed by atoms with van der Waals surface area (Å²) in [5.41, 5.74) is 1.56. The lowest BCUT2D eigenvalue weighted by Crippen LogP contribution is -2.20. The highest BCUT2D eigenvalue weighted by Crippen LogP contribution is 2.18. The number of carbonyl (C=O) groups is 1. The van der Waals surface area contributed by atoms with Crippen molar-refractivity contribution in [3.05, 3.63) is 48.7 Å². The monoisotopic (exact) mass is 297 g/mol. The maximum atomic E-state index is 11.9. The molecule has 0 atom stereocenters. The number of fused-ring (bicyclic) bond motifs is 1. The summed E-state index contributed by atoms with van der Waals surface area (Å²) in [6.45, 7) is -0.0622. The summed E-state index contributed by atoms with van der Waals surface area (Å²) >= 11 is 0. The topological polar surface area (TPSA) is 76.2 Å². The molecule has 2 N–H and O–H groups in total. The number of carbonyl (C=O) groups excluding carboxylic acids is 1. The number of ether oxygens (including phenoxy) is 2. The summed E-state index contributed by atoms with van der Waals surface area (Å²) in [7, 11) is 1.60. The Hall–Kier alpha value is -3.02. The highest BCUT2D eigenvalue weighted by molar-refractivity contribution is 5.94. The van der Waals surface area contributed by atoms with Crippen molar-refractivity contribution in [2.24, 2.45) is 0 Å². The van der Waals surface area contributed by atoms with E-state index < -0.39 is 0 Å². The zero-order valence-corrected chi connectivity index (χ0v) is 12.0. The minimum absolute atomic E-state index is 0.0622. The Morgan fingerprint density at radius 1 is 1.18 bits per heavy atom. The van der Waals surface area contributed by atoms with Crippen molar-refractivity contribution >= 4 is 22.5 Å². The first kappa shape index (κ1) is 13.9. The van der Waals surface area contributed by atoms with Crippen LogP contribution in [0.5, 0.6) is 11.5 Å². The standard InChI is InChI=1S/C16H15N3O3/c1-21-13-4-6-14(7-5-13)22-10-16(20)18-12-3-2-11-9-17-19-15(11)8-12/h2-9H,10H2,1H3,(H,17,19)(H,18,20). The molecule has 0 radical (unpaired) electrons. The third kappa shape index (κ3) is 3.17. The van der Waals surface area contributed by atoms with Gasteiger partial charge in [-0.1, -0.05) is 0 Å². The zero-order valence-electron chi connectivity index (χ0n) is 12.0. The highest BCUT2D eigenvalue weighted by atomic mass is 16.5. The van der Waals surface area contributed by atoms with Gasteiger partial charge in [0.1, 0.15) is 11.5 Å². The third-order valence-electron chi connectivity index (χ3n) is 3.16. The molecule has 2 aromatic carbocycles. The molecule has 6 heteroatoms. The molecule has 3 aromatic rings. The maximum Gasteiger partial charge on any atom is 0.262 e. The lowest BCUT2D eigenvalue weighted by atomic mass is 10.2. The van der Waals surface area contributed by atoms with Gasteiger partial charge in [-0.3, -0.25) is 9.89 Å². The molecule has 1 amide bonds. The Bertz CT molecular complexity index is 781. The predicted molar refractivity (Wildman–Crippen MR) is 83.2 cm³/mol. The van der Waals surface area contributed by atoms with Crippen LogP contribution >= 0.6 is 0 Å². The number of aromatic nitrogens is 2. The van der Waals surface area contributed by atoms with Crippen molar-refractivity contribution in [3.8, 4) is 11.5 Å². The SMILES string of the molecule is COc1ccc(OCC(=O)Nc2ccc3cn[nH]c3c2)cc1. The van der Waals surface area contributed by atoms with Crippen LogP contribution in [0.2, 0.25) is 0 Å². The van der Waals surface area contributed by atoms with E-state index in [1.807, 2.05) is 18.2 Å². The average molecular weight is 297 g/mol. The molecule has 22 heavy (non-hydrogen) atoms. The average Bonchev–Trinajstić information content (AvgIpc) is 3.01. The Morgan fingerprint density at radius 2 is 1.95 bits per heavy atom. The molecule has 0 aliphatic carbocycles. The number of nitrogens with zero attached hydrogens (tertiary/aromatic N) is 1. The summed E-state index contributed by atoms with van der Waals surface area (Å²) in [5.74, 6) is 1.12. The molecule has 0 saturated heterocycles. The fraction of sp³-hybridized carbons (Fsp3) is 0.125. The molecule has 0 aliphatic heterocycles. The van der Waals surface area contributed by atoms with Crippen molar-refractivity contribution in [1.29, 1.82) is 0 Å². The number of H-pyrrole nitrogens is 1. The first-order chi connectivity index (χ1) is 10.7. The molecule has 0 aliphatic rings. The van der Waals surface area contributed by atoms with E-state index >= 15 is 0 Å². The van der Waals surface area contributed by atoms with Crippen LogP contribution < -0.4 is 14.8 Å². The molecular weight excluding hydrogens is 282 g/mol. The molecular formula is C16H15N3O3. The van der Waals surface area contributed by atoms with Gasteiger partial charge in [0.15, 0.2) is 6.61 Å². The number of hydrogen-bond acceptors (Lipinski definition) is 4. The second-order valence-electron chi connectivity index (χ2n) is 4.68. The molecule has 0 saturated carbocycles. The normalized spacial score (nSPS) is 10.4. The number of hydrogen-bond donors (Lipinski definition) is 2. The maximum absolute atomic E-state index is 11.9. The first-order valence-electron chi connectivity index (χ1n) is 6.74. The highest BCUT2D eigenvalue weighted by Gasteiger charge is 2.05. The number of benzene rings is 2. The van der Waals surface area contributed by atoms with Crippen LogP contribution in [0, 0.1) is 0 Å². The molecule has 0 fully saturated rings. The predicted octanol–water partition coefficient (Wildman–Crippen LogP) is 2.59. The van der Waals surface area contributed by atoms with E-state index in [1.54, 1.807) is 37.6 Å².